The van der Waals surface area contributed by atoms with E-state index < -0.39 is 18.0 Å². The van der Waals surface area contributed by atoms with Gasteiger partial charge in [0.1, 0.15) is 0 Å². The number of hydrogen-bond acceptors (Lipinski definition) is 3. The second-order valence-electron chi connectivity index (χ2n) is 5.05. The molecule has 1 aliphatic heterocycles. The molecule has 1 aromatic heterocycles. The van der Waals surface area contributed by atoms with Crippen LogP contribution in [-0.2, 0) is 16.0 Å². The summed E-state index contributed by atoms with van der Waals surface area (Å²) < 4.78 is 0. The van der Waals surface area contributed by atoms with Gasteiger partial charge in [-0.15, -0.1) is 0 Å². The number of fused-ring (bicyclic) bond motifs is 3. The van der Waals surface area contributed by atoms with E-state index in [4.69, 9.17) is 5.11 Å². The summed E-state index contributed by atoms with van der Waals surface area (Å²) in [7, 11) is 0. The summed E-state index contributed by atoms with van der Waals surface area (Å²) in [6, 6.07) is 6.80. The monoisotopic (exact) mass is 286 g/mol. The van der Waals surface area contributed by atoms with Crippen molar-refractivity contribution in [1.82, 2.24) is 4.98 Å². The number of aromatic nitrogens is 1. The van der Waals surface area contributed by atoms with E-state index in [1.165, 1.54) is 0 Å². The molecule has 2 aromatic rings. The molecule has 0 aliphatic carbocycles. The van der Waals surface area contributed by atoms with Crippen LogP contribution in [0.3, 0.4) is 0 Å². The maximum Gasteiger partial charge on any atom is 0.328 e. The number of H-pyrrole nitrogens is 1. The highest BCUT2D eigenvalue weighted by molar-refractivity contribution is 6.08. The minimum absolute atomic E-state index is 0.0695. The van der Waals surface area contributed by atoms with E-state index in [1.54, 1.807) is 0 Å². The van der Waals surface area contributed by atoms with Crippen molar-refractivity contribution in [2.75, 3.05) is 0 Å². The Morgan fingerprint density at radius 1 is 1.29 bits per heavy atom. The van der Waals surface area contributed by atoms with Crippen LogP contribution in [0.15, 0.2) is 29.3 Å². The first kappa shape index (κ1) is 13.4. The molecule has 3 rings (SSSR count). The van der Waals surface area contributed by atoms with Crippen molar-refractivity contribution in [2.24, 2.45) is 4.99 Å². The van der Waals surface area contributed by atoms with Gasteiger partial charge in [-0.25, -0.2) is 4.79 Å². The predicted octanol–water partition coefficient (Wildman–Crippen LogP) is 1.83. The van der Waals surface area contributed by atoms with Gasteiger partial charge >= 0.3 is 11.9 Å². The molecule has 21 heavy (non-hydrogen) atoms. The highest BCUT2D eigenvalue weighted by Gasteiger charge is 2.28. The van der Waals surface area contributed by atoms with Crippen molar-refractivity contribution in [1.29, 1.82) is 0 Å². The molecule has 0 saturated carbocycles. The van der Waals surface area contributed by atoms with E-state index in [0.29, 0.717) is 12.1 Å². The smallest absolute Gasteiger partial charge is 0.328 e. The molecule has 6 nitrogen and oxygen atoms in total. The maximum absolute atomic E-state index is 11.3. The SMILES string of the molecule is O=C(O)CCC1=NC(C(=O)O)Cc2c1[nH]c1ccccc21. The van der Waals surface area contributed by atoms with Crippen LogP contribution in [0.2, 0.25) is 0 Å². The molecule has 0 spiro atoms. The van der Waals surface area contributed by atoms with Gasteiger partial charge in [0.15, 0.2) is 6.04 Å². The molecule has 0 radical (unpaired) electrons. The number of aliphatic imine (C=N–C) groups is 1. The summed E-state index contributed by atoms with van der Waals surface area (Å²) in [5.41, 5.74) is 3.13. The van der Waals surface area contributed by atoms with Crippen LogP contribution in [0.1, 0.15) is 24.1 Å². The third kappa shape index (κ3) is 2.40. The first-order valence-corrected chi connectivity index (χ1v) is 6.67. The van der Waals surface area contributed by atoms with Crippen LogP contribution in [0.4, 0.5) is 0 Å². The fourth-order valence-electron chi connectivity index (χ4n) is 2.71. The Morgan fingerprint density at radius 3 is 2.76 bits per heavy atom. The van der Waals surface area contributed by atoms with Crippen LogP contribution in [0, 0.1) is 0 Å². The summed E-state index contributed by atoms with van der Waals surface area (Å²) in [6.45, 7) is 0. The largest absolute Gasteiger partial charge is 0.481 e. The zero-order valence-electron chi connectivity index (χ0n) is 11.2. The lowest BCUT2D eigenvalue weighted by atomic mass is 9.95. The molecule has 0 fully saturated rings. The zero-order chi connectivity index (χ0) is 15.0. The molecule has 1 aliphatic rings. The molecule has 108 valence electrons. The zero-order valence-corrected chi connectivity index (χ0v) is 11.2. The Hall–Kier alpha value is -2.63. The van der Waals surface area contributed by atoms with Gasteiger partial charge in [0, 0.05) is 23.7 Å². The first-order chi connectivity index (χ1) is 10.1. The number of aromatic amines is 1. The number of para-hydroxylation sites is 1. The lowest BCUT2D eigenvalue weighted by Gasteiger charge is -2.18. The average Bonchev–Trinajstić information content (AvgIpc) is 2.83. The average molecular weight is 286 g/mol. The van der Waals surface area contributed by atoms with Crippen LogP contribution >= 0.6 is 0 Å². The Bertz CT molecular complexity index is 760. The summed E-state index contributed by atoms with van der Waals surface area (Å²) in [4.78, 5) is 29.5. The number of benzene rings is 1. The maximum atomic E-state index is 11.3. The summed E-state index contributed by atoms with van der Waals surface area (Å²) in [6.07, 6.45) is 0.476. The molecule has 1 unspecified atom stereocenters. The number of carbonyl (C=O) groups is 2. The van der Waals surface area contributed by atoms with Crippen LogP contribution in [0.25, 0.3) is 10.9 Å². The van der Waals surface area contributed by atoms with Gasteiger partial charge in [-0.1, -0.05) is 18.2 Å². The van der Waals surface area contributed by atoms with Crippen molar-refractivity contribution < 1.29 is 19.8 Å². The van der Waals surface area contributed by atoms with E-state index in [1.807, 2.05) is 24.3 Å². The molecular formula is C15H14N2O4. The molecular weight excluding hydrogens is 272 g/mol. The molecule has 1 aromatic carbocycles. The van der Waals surface area contributed by atoms with Gasteiger partial charge in [0.05, 0.1) is 17.8 Å². The molecule has 0 amide bonds. The topological polar surface area (TPSA) is 103 Å². The Morgan fingerprint density at radius 2 is 2.05 bits per heavy atom. The van der Waals surface area contributed by atoms with Crippen molar-refractivity contribution in [3.63, 3.8) is 0 Å². The first-order valence-electron chi connectivity index (χ1n) is 6.67. The van der Waals surface area contributed by atoms with Crippen LogP contribution < -0.4 is 0 Å². The van der Waals surface area contributed by atoms with Gasteiger partial charge in [-0.2, -0.15) is 0 Å². The summed E-state index contributed by atoms with van der Waals surface area (Å²) in [5.74, 6) is -1.91. The predicted molar refractivity (Wildman–Crippen MR) is 76.8 cm³/mol. The van der Waals surface area contributed by atoms with Gasteiger partial charge in [-0.3, -0.25) is 9.79 Å². The van der Waals surface area contributed by atoms with Crippen molar-refractivity contribution >= 4 is 28.6 Å². The number of carboxylic acids is 2. The van der Waals surface area contributed by atoms with Gasteiger partial charge in [-0.05, 0) is 11.6 Å². The Balaban J connectivity index is 2.08. The number of rotatable bonds is 4. The third-order valence-electron chi connectivity index (χ3n) is 3.67. The van der Waals surface area contributed by atoms with E-state index in [9.17, 15) is 14.7 Å². The number of aliphatic carboxylic acids is 2. The lowest BCUT2D eigenvalue weighted by Crippen LogP contribution is -2.28. The number of carboxylic acid groups (broad SMARTS) is 2. The van der Waals surface area contributed by atoms with E-state index >= 15 is 0 Å². The van der Waals surface area contributed by atoms with Crippen LogP contribution in [0.5, 0.6) is 0 Å². The number of nitrogens with one attached hydrogen (secondary N) is 1. The molecule has 1 atom stereocenters. The molecule has 0 bridgehead atoms. The third-order valence-corrected chi connectivity index (χ3v) is 3.67. The standard InChI is InChI=1S/C15H14N2O4/c18-13(19)6-5-11-14-9(7-12(16-11)15(20)21)8-3-1-2-4-10(8)17-14/h1-4,12,17H,5-7H2,(H,18,19)(H,20,21). The summed E-state index contributed by atoms with van der Waals surface area (Å²) >= 11 is 0. The van der Waals surface area contributed by atoms with E-state index in [2.05, 4.69) is 9.98 Å². The van der Waals surface area contributed by atoms with E-state index in [-0.39, 0.29) is 12.8 Å². The second kappa shape index (κ2) is 5.05. The molecule has 3 N–H and O–H groups in total. The lowest BCUT2D eigenvalue weighted by molar-refractivity contribution is -0.138. The number of nitrogens with zero attached hydrogens (tertiary/aromatic N) is 1. The molecule has 2 heterocycles. The molecule has 6 heteroatoms. The second-order valence-corrected chi connectivity index (χ2v) is 5.05. The quantitative estimate of drug-likeness (QED) is 0.797. The van der Waals surface area contributed by atoms with Crippen molar-refractivity contribution in [3.8, 4) is 0 Å². The number of hydrogen-bond donors (Lipinski definition) is 3. The van der Waals surface area contributed by atoms with Gasteiger partial charge in [0.25, 0.3) is 0 Å². The molecule has 0 saturated heterocycles. The highest BCUT2D eigenvalue weighted by atomic mass is 16.4. The fraction of sp³-hybridized carbons (Fsp3) is 0.267. The minimum Gasteiger partial charge on any atom is -0.481 e. The highest BCUT2D eigenvalue weighted by Crippen LogP contribution is 2.29. The van der Waals surface area contributed by atoms with E-state index in [0.717, 1.165) is 22.2 Å². The van der Waals surface area contributed by atoms with Crippen LogP contribution in [-0.4, -0.2) is 38.9 Å². The van der Waals surface area contributed by atoms with Crippen molar-refractivity contribution in [2.45, 2.75) is 25.3 Å². The normalized spacial score (nSPS) is 17.3. The Labute approximate surface area is 120 Å². The fourth-order valence-corrected chi connectivity index (χ4v) is 2.71. The minimum atomic E-state index is -0.987. The van der Waals surface area contributed by atoms with Crippen molar-refractivity contribution in [3.05, 3.63) is 35.5 Å². The summed E-state index contributed by atoms with van der Waals surface area (Å²) in [5, 5.41) is 19.0. The Kier molecular flexibility index (Phi) is 3.21. The van der Waals surface area contributed by atoms with Gasteiger partial charge in [0.2, 0.25) is 0 Å². The van der Waals surface area contributed by atoms with Gasteiger partial charge < -0.3 is 15.2 Å².